The molecule has 0 amide bonds. The molecule has 0 saturated carbocycles. The van der Waals surface area contributed by atoms with E-state index in [1.807, 2.05) is 30.5 Å². The minimum atomic E-state index is -0.360. The van der Waals surface area contributed by atoms with E-state index >= 15 is 0 Å². The minimum absolute atomic E-state index is 0.360. The van der Waals surface area contributed by atoms with Gasteiger partial charge >= 0.3 is 0 Å². The molecule has 1 unspecified atom stereocenters. The molecular weight excluding hydrogens is 186 g/mol. The van der Waals surface area contributed by atoms with Crippen molar-refractivity contribution in [2.75, 3.05) is 0 Å². The highest BCUT2D eigenvalue weighted by Crippen LogP contribution is 2.27. The fourth-order valence-corrected chi connectivity index (χ4v) is 1.94. The molecule has 1 aromatic carbocycles. The van der Waals surface area contributed by atoms with Crippen LogP contribution in [-0.2, 0) is 0 Å². The standard InChI is InChI=1S/C13H17NO/c1-9(2)7-13(15)11-8-14-12-6-4-3-5-10(11)12/h3-6,8-9,13-15H,7H2,1-2H3. The lowest BCUT2D eigenvalue weighted by molar-refractivity contribution is 0.152. The van der Waals surface area contributed by atoms with Crippen molar-refractivity contribution < 1.29 is 5.11 Å². The van der Waals surface area contributed by atoms with Gasteiger partial charge in [0.2, 0.25) is 0 Å². The molecule has 1 heterocycles. The molecule has 0 saturated heterocycles. The second-order valence-electron chi connectivity index (χ2n) is 4.43. The number of aromatic nitrogens is 1. The predicted octanol–water partition coefficient (Wildman–Crippen LogP) is 3.25. The van der Waals surface area contributed by atoms with Gasteiger partial charge in [0.25, 0.3) is 0 Å². The SMILES string of the molecule is CC(C)CC(O)c1c[nH]c2ccccc12. The summed E-state index contributed by atoms with van der Waals surface area (Å²) in [6, 6.07) is 8.07. The summed E-state index contributed by atoms with van der Waals surface area (Å²) >= 11 is 0. The molecule has 0 aliphatic carbocycles. The van der Waals surface area contributed by atoms with Gasteiger partial charge < -0.3 is 10.1 Å². The van der Waals surface area contributed by atoms with Gasteiger partial charge in [-0.25, -0.2) is 0 Å². The smallest absolute Gasteiger partial charge is 0.0813 e. The lowest BCUT2D eigenvalue weighted by atomic mass is 9.99. The molecule has 2 heteroatoms. The molecule has 0 radical (unpaired) electrons. The van der Waals surface area contributed by atoms with Gasteiger partial charge in [0.1, 0.15) is 0 Å². The monoisotopic (exact) mass is 203 g/mol. The Morgan fingerprint density at radius 1 is 1.27 bits per heavy atom. The average molecular weight is 203 g/mol. The molecule has 0 spiro atoms. The van der Waals surface area contributed by atoms with Crippen LogP contribution in [0, 0.1) is 5.92 Å². The molecule has 2 N–H and O–H groups in total. The number of nitrogens with one attached hydrogen (secondary N) is 1. The van der Waals surface area contributed by atoms with E-state index in [2.05, 4.69) is 18.8 Å². The van der Waals surface area contributed by atoms with Crippen molar-refractivity contribution in [3.05, 3.63) is 36.0 Å². The van der Waals surface area contributed by atoms with E-state index in [4.69, 9.17) is 0 Å². The number of hydrogen-bond acceptors (Lipinski definition) is 1. The third-order valence-corrected chi connectivity index (χ3v) is 2.67. The maximum Gasteiger partial charge on any atom is 0.0813 e. The van der Waals surface area contributed by atoms with Crippen molar-refractivity contribution in [2.45, 2.75) is 26.4 Å². The lowest BCUT2D eigenvalue weighted by Crippen LogP contribution is -2.00. The molecule has 1 aromatic heterocycles. The Morgan fingerprint density at radius 3 is 2.73 bits per heavy atom. The third kappa shape index (κ3) is 2.05. The van der Waals surface area contributed by atoms with E-state index in [-0.39, 0.29) is 6.10 Å². The summed E-state index contributed by atoms with van der Waals surface area (Å²) in [5.74, 6) is 0.508. The second-order valence-corrected chi connectivity index (χ2v) is 4.43. The van der Waals surface area contributed by atoms with Crippen LogP contribution in [0.2, 0.25) is 0 Å². The van der Waals surface area contributed by atoms with Gasteiger partial charge in [0.15, 0.2) is 0 Å². The first kappa shape index (κ1) is 10.2. The minimum Gasteiger partial charge on any atom is -0.388 e. The maximum atomic E-state index is 10.1. The number of para-hydroxylation sites is 1. The van der Waals surface area contributed by atoms with E-state index in [1.54, 1.807) is 0 Å². The number of rotatable bonds is 3. The van der Waals surface area contributed by atoms with Crippen LogP contribution in [0.15, 0.2) is 30.5 Å². The van der Waals surface area contributed by atoms with E-state index in [0.29, 0.717) is 5.92 Å². The highest BCUT2D eigenvalue weighted by atomic mass is 16.3. The van der Waals surface area contributed by atoms with E-state index in [1.165, 1.54) is 0 Å². The molecule has 15 heavy (non-hydrogen) atoms. The largest absolute Gasteiger partial charge is 0.388 e. The van der Waals surface area contributed by atoms with Gasteiger partial charge in [-0.2, -0.15) is 0 Å². The van der Waals surface area contributed by atoms with Crippen molar-refractivity contribution in [1.29, 1.82) is 0 Å². The van der Waals surface area contributed by atoms with E-state index < -0.39 is 0 Å². The van der Waals surface area contributed by atoms with Crippen molar-refractivity contribution >= 4 is 10.9 Å². The van der Waals surface area contributed by atoms with Crippen LogP contribution in [0.1, 0.15) is 31.9 Å². The summed E-state index contributed by atoms with van der Waals surface area (Å²) in [4.78, 5) is 3.18. The van der Waals surface area contributed by atoms with E-state index in [9.17, 15) is 5.11 Å². The first-order valence-electron chi connectivity index (χ1n) is 5.42. The summed E-state index contributed by atoms with van der Waals surface area (Å²) in [5, 5.41) is 11.2. The molecule has 0 aliphatic heterocycles. The fourth-order valence-electron chi connectivity index (χ4n) is 1.94. The predicted molar refractivity (Wildman–Crippen MR) is 62.7 cm³/mol. The molecule has 0 aliphatic rings. The van der Waals surface area contributed by atoms with Crippen LogP contribution < -0.4 is 0 Å². The first-order chi connectivity index (χ1) is 7.18. The summed E-state index contributed by atoms with van der Waals surface area (Å²) < 4.78 is 0. The average Bonchev–Trinajstić information content (AvgIpc) is 2.59. The van der Waals surface area contributed by atoms with Gasteiger partial charge in [-0.1, -0.05) is 32.0 Å². The zero-order valence-corrected chi connectivity index (χ0v) is 9.20. The summed E-state index contributed by atoms with van der Waals surface area (Å²) in [6.45, 7) is 4.25. The van der Waals surface area contributed by atoms with Gasteiger partial charge in [-0.05, 0) is 18.4 Å². The number of aliphatic hydroxyl groups excluding tert-OH is 1. The first-order valence-corrected chi connectivity index (χ1v) is 5.42. The van der Waals surface area contributed by atoms with Gasteiger partial charge in [-0.3, -0.25) is 0 Å². The number of aromatic amines is 1. The lowest BCUT2D eigenvalue weighted by Gasteiger charge is -2.11. The number of H-pyrrole nitrogens is 1. The maximum absolute atomic E-state index is 10.1. The molecule has 0 fully saturated rings. The summed E-state index contributed by atoms with van der Waals surface area (Å²) in [6.07, 6.45) is 2.36. The van der Waals surface area contributed by atoms with Crippen LogP contribution >= 0.6 is 0 Å². The Morgan fingerprint density at radius 2 is 2.00 bits per heavy atom. The normalized spacial score (nSPS) is 13.6. The Labute approximate surface area is 89.9 Å². The van der Waals surface area contributed by atoms with E-state index in [0.717, 1.165) is 22.9 Å². The molecule has 2 aromatic rings. The highest BCUT2D eigenvalue weighted by molar-refractivity contribution is 5.83. The Balaban J connectivity index is 2.35. The molecule has 0 bridgehead atoms. The van der Waals surface area contributed by atoms with Gasteiger partial charge in [0.05, 0.1) is 6.10 Å². The fraction of sp³-hybridized carbons (Fsp3) is 0.385. The Kier molecular flexibility index (Phi) is 2.78. The van der Waals surface area contributed by atoms with Gasteiger partial charge in [-0.15, -0.1) is 0 Å². The quantitative estimate of drug-likeness (QED) is 0.789. The summed E-state index contributed by atoms with van der Waals surface area (Å²) in [5.41, 5.74) is 2.11. The van der Waals surface area contributed by atoms with Gasteiger partial charge in [0, 0.05) is 22.7 Å². The third-order valence-electron chi connectivity index (χ3n) is 2.67. The molecule has 2 nitrogen and oxygen atoms in total. The molecule has 80 valence electrons. The molecule has 1 atom stereocenters. The highest BCUT2D eigenvalue weighted by Gasteiger charge is 2.13. The molecular formula is C13H17NO. The number of hydrogen-bond donors (Lipinski definition) is 2. The number of benzene rings is 1. The van der Waals surface area contributed by atoms with Crippen LogP contribution in [0.4, 0.5) is 0 Å². The van der Waals surface area contributed by atoms with Crippen molar-refractivity contribution in [3.8, 4) is 0 Å². The van der Waals surface area contributed by atoms with Crippen molar-refractivity contribution in [1.82, 2.24) is 4.98 Å². The topological polar surface area (TPSA) is 36.0 Å². The Bertz CT molecular complexity index is 444. The number of aliphatic hydroxyl groups is 1. The van der Waals surface area contributed by atoms with Crippen LogP contribution in [0.5, 0.6) is 0 Å². The van der Waals surface area contributed by atoms with Crippen LogP contribution in [-0.4, -0.2) is 10.1 Å². The van der Waals surface area contributed by atoms with Crippen LogP contribution in [0.25, 0.3) is 10.9 Å². The number of fused-ring (bicyclic) bond motifs is 1. The van der Waals surface area contributed by atoms with Crippen molar-refractivity contribution in [3.63, 3.8) is 0 Å². The molecule has 2 rings (SSSR count). The zero-order valence-electron chi connectivity index (χ0n) is 9.20. The van der Waals surface area contributed by atoms with Crippen LogP contribution in [0.3, 0.4) is 0 Å². The zero-order chi connectivity index (χ0) is 10.8. The second kappa shape index (κ2) is 4.07. The van der Waals surface area contributed by atoms with Crippen molar-refractivity contribution in [2.24, 2.45) is 5.92 Å². The Hall–Kier alpha value is -1.28. The summed E-state index contributed by atoms with van der Waals surface area (Å²) in [7, 11) is 0.